The topological polar surface area (TPSA) is 67.0 Å². The lowest BCUT2D eigenvalue weighted by molar-refractivity contribution is 0.128. The summed E-state index contributed by atoms with van der Waals surface area (Å²) < 4.78 is 5.32. The number of carbonyl (C=O) groups excluding carboxylic acids is 1. The second kappa shape index (κ2) is 5.94. The number of fused-ring (bicyclic) bond motifs is 1. The van der Waals surface area contributed by atoms with Gasteiger partial charge in [0, 0.05) is 17.8 Å². The van der Waals surface area contributed by atoms with Gasteiger partial charge in [-0.1, -0.05) is 19.3 Å². The van der Waals surface area contributed by atoms with Crippen LogP contribution in [-0.4, -0.2) is 22.7 Å². The van der Waals surface area contributed by atoms with Crippen LogP contribution in [0.1, 0.15) is 32.1 Å². The van der Waals surface area contributed by atoms with Crippen molar-refractivity contribution < 1.29 is 9.53 Å². The molecule has 2 heterocycles. The molecule has 5 heteroatoms. The van der Waals surface area contributed by atoms with Gasteiger partial charge in [0.05, 0.1) is 12.3 Å². The highest BCUT2D eigenvalue weighted by Crippen LogP contribution is 2.24. The summed E-state index contributed by atoms with van der Waals surface area (Å²) in [6.45, 7) is 0.520. The van der Waals surface area contributed by atoms with Crippen molar-refractivity contribution in [3.63, 3.8) is 0 Å². The Labute approximate surface area is 117 Å². The quantitative estimate of drug-likeness (QED) is 0.896. The Hall–Kier alpha value is -2.04. The number of rotatable bonds is 3. The number of nitrogens with zero attached hydrogens (tertiary/aromatic N) is 1. The number of hydrogen-bond acceptors (Lipinski definition) is 3. The molecule has 0 aliphatic heterocycles. The summed E-state index contributed by atoms with van der Waals surface area (Å²) >= 11 is 0. The third-order valence-electron chi connectivity index (χ3n) is 3.86. The molecule has 0 aromatic carbocycles. The predicted octanol–water partition coefficient (Wildman–Crippen LogP) is 3.69. The average Bonchev–Trinajstić information content (AvgIpc) is 2.90. The van der Waals surface area contributed by atoms with E-state index in [9.17, 15) is 4.79 Å². The fourth-order valence-electron chi connectivity index (χ4n) is 2.75. The van der Waals surface area contributed by atoms with Gasteiger partial charge in [-0.3, -0.25) is 5.32 Å². The minimum absolute atomic E-state index is 0.389. The number of H-pyrrole nitrogens is 1. The monoisotopic (exact) mass is 273 g/mol. The molecule has 1 fully saturated rings. The van der Waals surface area contributed by atoms with Crippen LogP contribution in [0.2, 0.25) is 0 Å². The molecule has 0 atom stereocenters. The summed E-state index contributed by atoms with van der Waals surface area (Å²) in [5.74, 6) is 0.527. The van der Waals surface area contributed by atoms with Crippen molar-refractivity contribution >= 4 is 22.8 Å². The van der Waals surface area contributed by atoms with Crippen LogP contribution in [-0.2, 0) is 4.74 Å². The van der Waals surface area contributed by atoms with E-state index < -0.39 is 0 Å². The molecule has 0 saturated heterocycles. The number of pyridine rings is 1. The SMILES string of the molecule is O=C(Nc1c[nH]c2ncccc12)OCC1CCCCC1. The summed E-state index contributed by atoms with van der Waals surface area (Å²) in [6.07, 6.45) is 9.22. The van der Waals surface area contributed by atoms with Crippen LogP contribution in [0.4, 0.5) is 10.5 Å². The molecule has 1 saturated carbocycles. The predicted molar refractivity (Wildman–Crippen MR) is 77.6 cm³/mol. The number of nitrogens with one attached hydrogen (secondary N) is 2. The summed E-state index contributed by atoms with van der Waals surface area (Å²) in [7, 11) is 0. The first-order valence-corrected chi connectivity index (χ1v) is 7.19. The third kappa shape index (κ3) is 2.92. The van der Waals surface area contributed by atoms with Crippen LogP contribution in [0.15, 0.2) is 24.5 Å². The zero-order valence-electron chi connectivity index (χ0n) is 11.4. The van der Waals surface area contributed by atoms with E-state index in [1.54, 1.807) is 12.4 Å². The van der Waals surface area contributed by atoms with Crippen molar-refractivity contribution in [2.45, 2.75) is 32.1 Å². The van der Waals surface area contributed by atoms with Gasteiger partial charge in [0.25, 0.3) is 0 Å². The summed E-state index contributed by atoms with van der Waals surface area (Å²) in [5.41, 5.74) is 1.47. The van der Waals surface area contributed by atoms with Gasteiger partial charge < -0.3 is 9.72 Å². The van der Waals surface area contributed by atoms with E-state index in [1.165, 1.54) is 32.1 Å². The van der Waals surface area contributed by atoms with E-state index in [4.69, 9.17) is 4.74 Å². The van der Waals surface area contributed by atoms with E-state index >= 15 is 0 Å². The van der Waals surface area contributed by atoms with Crippen LogP contribution in [0.25, 0.3) is 11.0 Å². The van der Waals surface area contributed by atoms with Gasteiger partial charge in [0.1, 0.15) is 5.65 Å². The van der Waals surface area contributed by atoms with Crippen molar-refractivity contribution in [3.8, 4) is 0 Å². The first kappa shape index (κ1) is 13.0. The molecule has 1 aliphatic rings. The largest absolute Gasteiger partial charge is 0.449 e. The smallest absolute Gasteiger partial charge is 0.411 e. The van der Waals surface area contributed by atoms with Crippen LogP contribution in [0, 0.1) is 5.92 Å². The first-order valence-electron chi connectivity index (χ1n) is 7.19. The standard InChI is InChI=1S/C15H19N3O2/c19-15(20-10-11-5-2-1-3-6-11)18-13-9-17-14-12(13)7-4-8-16-14/h4,7-9,11H,1-3,5-6,10H2,(H,16,17)(H,18,19). The highest BCUT2D eigenvalue weighted by atomic mass is 16.5. The summed E-state index contributed by atoms with van der Waals surface area (Å²) in [4.78, 5) is 19.0. The summed E-state index contributed by atoms with van der Waals surface area (Å²) in [6, 6.07) is 3.75. The zero-order valence-corrected chi connectivity index (χ0v) is 11.4. The van der Waals surface area contributed by atoms with Crippen molar-refractivity contribution in [1.29, 1.82) is 0 Å². The van der Waals surface area contributed by atoms with Gasteiger partial charge in [-0.2, -0.15) is 0 Å². The molecule has 0 unspecified atom stereocenters. The Balaban J connectivity index is 1.55. The summed E-state index contributed by atoms with van der Waals surface area (Å²) in [5, 5.41) is 3.66. The molecule has 2 N–H and O–H groups in total. The fraction of sp³-hybridized carbons (Fsp3) is 0.467. The van der Waals surface area contributed by atoms with Gasteiger partial charge in [0.15, 0.2) is 0 Å². The second-order valence-corrected chi connectivity index (χ2v) is 5.33. The van der Waals surface area contributed by atoms with Gasteiger partial charge in [-0.05, 0) is 30.9 Å². The molecular formula is C15H19N3O2. The van der Waals surface area contributed by atoms with Crippen LogP contribution in [0.3, 0.4) is 0 Å². The lowest BCUT2D eigenvalue weighted by Crippen LogP contribution is -2.20. The number of aromatic nitrogens is 2. The normalized spacial score (nSPS) is 16.2. The number of ether oxygens (including phenoxy) is 1. The molecule has 3 rings (SSSR count). The Bertz CT molecular complexity index is 588. The van der Waals surface area contributed by atoms with E-state index in [0.717, 1.165) is 11.0 Å². The van der Waals surface area contributed by atoms with Gasteiger partial charge in [0.2, 0.25) is 0 Å². The van der Waals surface area contributed by atoms with E-state index in [-0.39, 0.29) is 6.09 Å². The van der Waals surface area contributed by atoms with Crippen LogP contribution >= 0.6 is 0 Å². The molecule has 0 spiro atoms. The maximum Gasteiger partial charge on any atom is 0.411 e. The van der Waals surface area contributed by atoms with E-state index in [2.05, 4.69) is 15.3 Å². The molecule has 1 amide bonds. The number of hydrogen-bond donors (Lipinski definition) is 2. The second-order valence-electron chi connectivity index (χ2n) is 5.33. The minimum Gasteiger partial charge on any atom is -0.449 e. The van der Waals surface area contributed by atoms with Crippen molar-refractivity contribution in [3.05, 3.63) is 24.5 Å². The molecule has 0 bridgehead atoms. The lowest BCUT2D eigenvalue weighted by Gasteiger charge is -2.20. The highest BCUT2D eigenvalue weighted by Gasteiger charge is 2.16. The van der Waals surface area contributed by atoms with E-state index in [0.29, 0.717) is 18.2 Å². The molecule has 5 nitrogen and oxygen atoms in total. The average molecular weight is 273 g/mol. The Morgan fingerprint density at radius 2 is 2.25 bits per heavy atom. The van der Waals surface area contributed by atoms with Crippen molar-refractivity contribution in [2.75, 3.05) is 11.9 Å². The molecule has 20 heavy (non-hydrogen) atoms. The Kier molecular flexibility index (Phi) is 3.85. The van der Waals surface area contributed by atoms with Crippen LogP contribution < -0.4 is 5.32 Å². The van der Waals surface area contributed by atoms with Crippen LogP contribution in [0.5, 0.6) is 0 Å². The maximum atomic E-state index is 11.8. The fourth-order valence-corrected chi connectivity index (χ4v) is 2.75. The molecule has 2 aromatic rings. The first-order chi connectivity index (χ1) is 9.83. The van der Waals surface area contributed by atoms with Gasteiger partial charge in [-0.25, -0.2) is 9.78 Å². The minimum atomic E-state index is -0.389. The highest BCUT2D eigenvalue weighted by molar-refractivity contribution is 5.97. The Morgan fingerprint density at radius 1 is 1.40 bits per heavy atom. The number of carbonyl (C=O) groups is 1. The number of anilines is 1. The zero-order chi connectivity index (χ0) is 13.8. The molecule has 2 aromatic heterocycles. The van der Waals surface area contributed by atoms with Crippen molar-refractivity contribution in [2.24, 2.45) is 5.92 Å². The Morgan fingerprint density at radius 3 is 3.10 bits per heavy atom. The molecular weight excluding hydrogens is 254 g/mol. The maximum absolute atomic E-state index is 11.8. The van der Waals surface area contributed by atoms with E-state index in [1.807, 2.05) is 12.1 Å². The number of amides is 1. The third-order valence-corrected chi connectivity index (χ3v) is 3.86. The van der Waals surface area contributed by atoms with Crippen molar-refractivity contribution in [1.82, 2.24) is 9.97 Å². The molecule has 0 radical (unpaired) electrons. The molecule has 106 valence electrons. The number of aromatic amines is 1. The molecule has 1 aliphatic carbocycles. The van der Waals surface area contributed by atoms with Gasteiger partial charge >= 0.3 is 6.09 Å². The van der Waals surface area contributed by atoms with Gasteiger partial charge in [-0.15, -0.1) is 0 Å². The lowest BCUT2D eigenvalue weighted by atomic mass is 9.90.